The summed E-state index contributed by atoms with van der Waals surface area (Å²) in [4.78, 5) is 46.0. The van der Waals surface area contributed by atoms with Crippen LogP contribution in [0.5, 0.6) is 0 Å². The van der Waals surface area contributed by atoms with Gasteiger partial charge < -0.3 is 26.2 Å². The van der Waals surface area contributed by atoms with E-state index in [0.29, 0.717) is 21.4 Å². The van der Waals surface area contributed by atoms with Gasteiger partial charge in [0.2, 0.25) is 0 Å². The van der Waals surface area contributed by atoms with Gasteiger partial charge in [0.25, 0.3) is 11.8 Å². The molecule has 4 rings (SSSR count). The van der Waals surface area contributed by atoms with Gasteiger partial charge in [0.15, 0.2) is 15.2 Å². The number of thiazole rings is 1. The van der Waals surface area contributed by atoms with Crippen molar-refractivity contribution in [3.63, 3.8) is 0 Å². The van der Waals surface area contributed by atoms with E-state index in [4.69, 9.17) is 5.73 Å². The van der Waals surface area contributed by atoms with Crippen LogP contribution in [0.15, 0.2) is 32.5 Å². The predicted octanol–water partition coefficient (Wildman–Crippen LogP) is -4.04. The molecule has 0 aliphatic carbocycles. The van der Waals surface area contributed by atoms with Gasteiger partial charge >= 0.3 is 29.6 Å². The van der Waals surface area contributed by atoms with Crippen LogP contribution in [0.3, 0.4) is 0 Å². The van der Waals surface area contributed by atoms with Crippen LogP contribution in [0.1, 0.15) is 5.69 Å². The monoisotopic (exact) mass is 521 g/mol. The van der Waals surface area contributed by atoms with Crippen molar-refractivity contribution in [2.75, 3.05) is 17.2 Å². The number of β-lactam (4-membered cyclic amide) rings is 1. The molecular weight excluding hydrogens is 509 g/mol. The number of aliphatic carboxylic acids is 1. The number of nitrogen functional groups attached to an aromatic ring is 1. The van der Waals surface area contributed by atoms with Crippen LogP contribution in [0.2, 0.25) is 0 Å². The molecule has 2 aliphatic rings. The van der Waals surface area contributed by atoms with Gasteiger partial charge in [0.1, 0.15) is 23.4 Å². The van der Waals surface area contributed by atoms with E-state index in [-0.39, 0.29) is 46.1 Å². The van der Waals surface area contributed by atoms with Crippen LogP contribution in [-0.4, -0.2) is 70.9 Å². The van der Waals surface area contributed by atoms with E-state index in [1.54, 1.807) is 0 Å². The Morgan fingerprint density at radius 1 is 1.47 bits per heavy atom. The summed E-state index contributed by atoms with van der Waals surface area (Å²) in [5, 5.41) is 27.4. The number of carboxylic acids is 1. The third-order valence-corrected chi connectivity index (χ3v) is 8.21. The third kappa shape index (κ3) is 4.80. The number of nitrogens with two attached hydrogens (primary N) is 1. The van der Waals surface area contributed by atoms with E-state index in [1.165, 1.54) is 46.8 Å². The van der Waals surface area contributed by atoms with Crippen LogP contribution in [0, 0.1) is 0 Å². The van der Waals surface area contributed by atoms with Crippen LogP contribution < -0.4 is 45.7 Å². The Kier molecular flexibility index (Phi) is 8.18. The molecule has 1 fully saturated rings. The molecule has 12 nitrogen and oxygen atoms in total. The zero-order valence-corrected chi connectivity index (χ0v) is 21.5. The molecule has 17 heteroatoms. The Labute approximate surface area is 219 Å². The number of thioether (sulfide) groups is 2. The number of hydrogen-bond donors (Lipinski definition) is 3. The van der Waals surface area contributed by atoms with Crippen molar-refractivity contribution >= 4 is 75.0 Å². The largest absolute Gasteiger partial charge is 1.00 e. The first kappa shape index (κ1) is 24.9. The van der Waals surface area contributed by atoms with Crippen LogP contribution >= 0.6 is 46.4 Å². The fourth-order valence-corrected chi connectivity index (χ4v) is 6.45. The van der Waals surface area contributed by atoms with Crippen molar-refractivity contribution in [1.82, 2.24) is 24.6 Å². The topological polar surface area (TPSA) is 187 Å². The summed E-state index contributed by atoms with van der Waals surface area (Å²) < 4.78 is 4.57. The van der Waals surface area contributed by atoms with E-state index in [0.717, 1.165) is 16.2 Å². The molecule has 4 heterocycles. The van der Waals surface area contributed by atoms with Gasteiger partial charge in [0.05, 0.1) is 11.7 Å². The maximum Gasteiger partial charge on any atom is 1.00 e. The number of anilines is 1. The number of fused-ring (bicyclic) bond motifs is 1. The second kappa shape index (κ2) is 10.5. The van der Waals surface area contributed by atoms with Gasteiger partial charge in [-0.3, -0.25) is 14.5 Å². The average Bonchev–Trinajstić information content (AvgIpc) is 3.42. The summed E-state index contributed by atoms with van der Waals surface area (Å²) >= 11 is 4.87. The molecule has 2 atom stereocenters. The molecule has 2 aromatic rings. The molecule has 0 radical (unpaired) electrons. The van der Waals surface area contributed by atoms with Crippen LogP contribution in [0.25, 0.3) is 0 Å². The summed E-state index contributed by atoms with van der Waals surface area (Å²) in [6, 6.07) is -0.989. The van der Waals surface area contributed by atoms with Crippen molar-refractivity contribution in [2.24, 2.45) is 5.16 Å². The summed E-state index contributed by atoms with van der Waals surface area (Å²) in [6.07, 6.45) is 1.41. The summed E-state index contributed by atoms with van der Waals surface area (Å²) in [5.74, 6) is -2.25. The van der Waals surface area contributed by atoms with Crippen molar-refractivity contribution in [3.8, 4) is 0 Å². The minimum absolute atomic E-state index is 0. The first-order chi connectivity index (χ1) is 14.9. The van der Waals surface area contributed by atoms with Crippen molar-refractivity contribution in [2.45, 2.75) is 15.8 Å². The number of nitrogens with one attached hydrogen (secondary N) is 1. The van der Waals surface area contributed by atoms with Gasteiger partial charge in [-0.15, -0.1) is 23.1 Å². The molecule has 0 bridgehead atoms. The van der Waals surface area contributed by atoms with E-state index in [2.05, 4.69) is 24.8 Å². The minimum atomic E-state index is -1.47. The number of carbonyl (C=O) groups is 3. The zero-order valence-electron chi connectivity index (χ0n) is 16.3. The maximum absolute atomic E-state index is 12.7. The SMILES string of the molecule is Nc1nc(C(=NO)C(=O)NC2C(=O)N3C(C(=O)[O-])=C(CSc4ncns4)CS[C@@H]23)cs1.[Na+]. The average molecular weight is 522 g/mol. The normalized spacial score (nSPS) is 20.3. The van der Waals surface area contributed by atoms with Gasteiger partial charge in [0, 0.05) is 16.9 Å². The molecule has 2 aliphatic heterocycles. The van der Waals surface area contributed by atoms with Gasteiger partial charge in [-0.1, -0.05) is 16.9 Å². The molecule has 2 aromatic heterocycles. The van der Waals surface area contributed by atoms with Crippen LogP contribution in [-0.2, 0) is 14.4 Å². The van der Waals surface area contributed by atoms with Gasteiger partial charge in [-0.25, -0.2) is 9.97 Å². The van der Waals surface area contributed by atoms with Gasteiger partial charge in [-0.05, 0) is 17.1 Å². The Balaban J connectivity index is 0.00000289. The van der Waals surface area contributed by atoms with E-state index < -0.39 is 34.9 Å². The Morgan fingerprint density at radius 2 is 2.25 bits per heavy atom. The number of rotatable bonds is 7. The zero-order chi connectivity index (χ0) is 22.1. The second-order valence-corrected chi connectivity index (χ2v) is 10.1. The smallest absolute Gasteiger partial charge is 0.543 e. The van der Waals surface area contributed by atoms with Crippen LogP contribution in [0.4, 0.5) is 5.13 Å². The van der Waals surface area contributed by atoms with Crippen molar-refractivity contribution < 1.29 is 54.3 Å². The standard InChI is InChI=1S/C15H13N7O5S4.Na/c16-14-19-6(3-29-14)7(21-27)10(23)20-8-11(24)22-9(13(25)26)5(1-28-12(8)22)2-30-15-17-4-18-31-15;/h3-4,8,12,27H,1-2H2,(H2,16,19)(H,20,23)(H,25,26);/q;+1/p-1/t8?,12-;/m0./s1. The number of carbonyl (C=O) groups excluding carboxylic acids is 3. The van der Waals surface area contributed by atoms with E-state index in [9.17, 15) is 24.7 Å². The summed E-state index contributed by atoms with van der Waals surface area (Å²) in [6.45, 7) is 0. The van der Waals surface area contributed by atoms with Crippen molar-refractivity contribution in [1.29, 1.82) is 0 Å². The number of hydrogen-bond acceptors (Lipinski definition) is 14. The fourth-order valence-electron chi connectivity index (χ4n) is 2.98. The molecular formula is C15H12N7NaO5S4. The molecule has 32 heavy (non-hydrogen) atoms. The maximum atomic E-state index is 12.7. The molecule has 2 amide bonds. The molecule has 0 spiro atoms. The molecule has 1 unspecified atom stereocenters. The fraction of sp³-hybridized carbons (Fsp3) is 0.267. The predicted molar refractivity (Wildman–Crippen MR) is 113 cm³/mol. The second-order valence-electron chi connectivity index (χ2n) is 6.12. The number of carboxylic acid groups (broad SMARTS) is 1. The quantitative estimate of drug-likeness (QED) is 0.0804. The van der Waals surface area contributed by atoms with E-state index in [1.807, 2.05) is 0 Å². The number of nitrogens with zero attached hydrogens (tertiary/aromatic N) is 5. The van der Waals surface area contributed by atoms with E-state index >= 15 is 0 Å². The molecule has 0 aromatic carbocycles. The summed E-state index contributed by atoms with van der Waals surface area (Å²) in [7, 11) is 0. The number of amides is 2. The summed E-state index contributed by atoms with van der Waals surface area (Å²) in [5.41, 5.74) is 5.53. The third-order valence-electron chi connectivity index (χ3n) is 4.32. The Hall–Kier alpha value is -1.69. The first-order valence-electron chi connectivity index (χ1n) is 8.42. The van der Waals surface area contributed by atoms with Crippen molar-refractivity contribution in [3.05, 3.63) is 28.7 Å². The molecule has 162 valence electrons. The minimum Gasteiger partial charge on any atom is -0.543 e. The first-order valence-corrected chi connectivity index (χ1v) is 12.1. The number of oxime groups is 1. The molecule has 0 saturated carbocycles. The Morgan fingerprint density at radius 3 is 2.84 bits per heavy atom. The van der Waals surface area contributed by atoms with Gasteiger partial charge in [-0.2, -0.15) is 4.37 Å². The molecule has 4 N–H and O–H groups in total. The Bertz CT molecular complexity index is 1110. The molecule has 1 saturated heterocycles. The number of aromatic nitrogens is 3.